The zero-order valence-electron chi connectivity index (χ0n) is 21.5. The van der Waals surface area contributed by atoms with E-state index in [1.807, 2.05) is 44.2 Å². The molecule has 190 valence electrons. The van der Waals surface area contributed by atoms with Gasteiger partial charge < -0.3 is 15.4 Å². The lowest BCUT2D eigenvalue weighted by atomic mass is 9.72. The van der Waals surface area contributed by atoms with Gasteiger partial charge in [0.2, 0.25) is 0 Å². The van der Waals surface area contributed by atoms with Crippen LogP contribution in [0.4, 0.5) is 10.7 Å². The Kier molecular flexibility index (Phi) is 7.76. The van der Waals surface area contributed by atoms with Crippen LogP contribution in [0.1, 0.15) is 59.1 Å². The van der Waals surface area contributed by atoms with E-state index in [1.165, 1.54) is 16.2 Å². The molecule has 0 fully saturated rings. The monoisotopic (exact) mass is 524 g/mol. The fraction of sp³-hybridized carbons (Fsp3) is 0.379. The van der Waals surface area contributed by atoms with E-state index < -0.39 is 0 Å². The van der Waals surface area contributed by atoms with Crippen LogP contribution in [0.2, 0.25) is 5.02 Å². The number of nitrogens with one attached hydrogen (secondary N) is 2. The highest BCUT2D eigenvalue weighted by molar-refractivity contribution is 7.17. The van der Waals surface area contributed by atoms with Crippen molar-refractivity contribution in [3.8, 4) is 5.75 Å². The topological polar surface area (TPSA) is 67.4 Å². The van der Waals surface area contributed by atoms with Crippen molar-refractivity contribution in [3.63, 3.8) is 0 Å². The van der Waals surface area contributed by atoms with Gasteiger partial charge in [-0.05, 0) is 85.4 Å². The van der Waals surface area contributed by atoms with E-state index in [1.54, 1.807) is 12.1 Å². The van der Waals surface area contributed by atoms with Crippen molar-refractivity contribution in [2.75, 3.05) is 17.2 Å². The summed E-state index contributed by atoms with van der Waals surface area (Å²) >= 11 is 7.71. The van der Waals surface area contributed by atoms with E-state index in [2.05, 4.69) is 31.4 Å². The van der Waals surface area contributed by atoms with E-state index in [4.69, 9.17) is 16.3 Å². The highest BCUT2D eigenvalue weighted by Crippen LogP contribution is 2.44. The number of amides is 2. The molecule has 0 unspecified atom stereocenters. The predicted molar refractivity (Wildman–Crippen MR) is 149 cm³/mol. The van der Waals surface area contributed by atoms with Gasteiger partial charge in [0, 0.05) is 10.6 Å². The van der Waals surface area contributed by atoms with Crippen LogP contribution in [0, 0.1) is 25.2 Å². The average molecular weight is 525 g/mol. The fourth-order valence-corrected chi connectivity index (χ4v) is 6.11. The van der Waals surface area contributed by atoms with Crippen molar-refractivity contribution >= 4 is 45.4 Å². The molecule has 1 aliphatic rings. The third kappa shape index (κ3) is 6.11. The maximum Gasteiger partial charge on any atom is 0.262 e. The Hall–Kier alpha value is -2.83. The SMILES string of the molecule is Cc1cccc(NC(=O)c2c(NC(=O)COc3cc(C)ccc3Cl)sc3c2CC[C@@H](C(C)(C)C)C3)c1. The first-order valence-electron chi connectivity index (χ1n) is 12.2. The van der Waals surface area contributed by atoms with Crippen LogP contribution in [0.15, 0.2) is 42.5 Å². The molecule has 3 aromatic rings. The number of hydrogen-bond donors (Lipinski definition) is 2. The zero-order chi connectivity index (χ0) is 26.0. The molecular formula is C29H33ClN2O3S. The van der Waals surface area contributed by atoms with Crippen molar-refractivity contribution in [1.29, 1.82) is 0 Å². The van der Waals surface area contributed by atoms with E-state index >= 15 is 0 Å². The van der Waals surface area contributed by atoms with Crippen molar-refractivity contribution in [1.82, 2.24) is 0 Å². The molecule has 2 amide bonds. The Balaban J connectivity index is 1.58. The van der Waals surface area contributed by atoms with Crippen LogP contribution in [0.25, 0.3) is 0 Å². The lowest BCUT2D eigenvalue weighted by molar-refractivity contribution is -0.118. The Morgan fingerprint density at radius 2 is 1.83 bits per heavy atom. The van der Waals surface area contributed by atoms with Gasteiger partial charge in [-0.2, -0.15) is 0 Å². The van der Waals surface area contributed by atoms with Gasteiger partial charge in [0.15, 0.2) is 6.61 Å². The van der Waals surface area contributed by atoms with Crippen molar-refractivity contribution in [2.24, 2.45) is 11.3 Å². The van der Waals surface area contributed by atoms with Gasteiger partial charge in [0.1, 0.15) is 10.8 Å². The summed E-state index contributed by atoms with van der Waals surface area (Å²) in [5.74, 6) is 0.447. The van der Waals surface area contributed by atoms with Gasteiger partial charge >= 0.3 is 0 Å². The zero-order valence-corrected chi connectivity index (χ0v) is 23.0. The Bertz CT molecular complexity index is 1290. The number of benzene rings is 2. The minimum atomic E-state index is -0.330. The van der Waals surface area contributed by atoms with Crippen LogP contribution < -0.4 is 15.4 Å². The fourth-order valence-electron chi connectivity index (χ4n) is 4.60. The lowest BCUT2D eigenvalue weighted by Crippen LogP contribution is -2.27. The quantitative estimate of drug-likeness (QED) is 0.352. The van der Waals surface area contributed by atoms with E-state index in [0.29, 0.717) is 27.3 Å². The number of carbonyl (C=O) groups excluding carboxylic acids is 2. The summed E-state index contributed by atoms with van der Waals surface area (Å²) < 4.78 is 5.68. The first-order chi connectivity index (χ1) is 17.0. The highest BCUT2D eigenvalue weighted by Gasteiger charge is 2.34. The largest absolute Gasteiger partial charge is 0.482 e. The molecule has 2 aromatic carbocycles. The molecule has 5 nitrogen and oxygen atoms in total. The molecule has 0 saturated carbocycles. The summed E-state index contributed by atoms with van der Waals surface area (Å²) in [6.45, 7) is 10.5. The number of ether oxygens (including phenoxy) is 1. The predicted octanol–water partition coefficient (Wildman–Crippen LogP) is 7.44. The molecule has 7 heteroatoms. The van der Waals surface area contributed by atoms with Gasteiger partial charge in [0.25, 0.3) is 11.8 Å². The normalized spacial score (nSPS) is 15.2. The summed E-state index contributed by atoms with van der Waals surface area (Å²) in [5.41, 5.74) is 4.57. The summed E-state index contributed by atoms with van der Waals surface area (Å²) in [4.78, 5) is 27.6. The molecule has 1 atom stereocenters. The molecule has 0 aliphatic heterocycles. The van der Waals surface area contributed by atoms with E-state index in [0.717, 1.165) is 41.6 Å². The van der Waals surface area contributed by atoms with Gasteiger partial charge in [-0.25, -0.2) is 0 Å². The summed E-state index contributed by atoms with van der Waals surface area (Å²) in [5, 5.41) is 7.01. The molecule has 0 saturated heterocycles. The van der Waals surface area contributed by atoms with Crippen molar-refractivity contribution in [3.05, 3.63) is 74.6 Å². The number of fused-ring (bicyclic) bond motifs is 1. The van der Waals surface area contributed by atoms with Gasteiger partial charge in [-0.1, -0.05) is 50.6 Å². The highest BCUT2D eigenvalue weighted by atomic mass is 35.5. The van der Waals surface area contributed by atoms with Gasteiger partial charge in [-0.3, -0.25) is 9.59 Å². The Morgan fingerprint density at radius 3 is 2.56 bits per heavy atom. The van der Waals surface area contributed by atoms with Gasteiger partial charge in [-0.15, -0.1) is 11.3 Å². The second-order valence-electron chi connectivity index (χ2n) is 10.6. The summed E-state index contributed by atoms with van der Waals surface area (Å²) in [6, 6.07) is 13.1. The molecule has 1 aliphatic carbocycles. The summed E-state index contributed by atoms with van der Waals surface area (Å²) in [7, 11) is 0. The standard InChI is InChI=1S/C29H33ClN2O3S/c1-17-7-6-8-20(13-17)31-27(34)26-21-11-10-19(29(3,4)5)15-24(21)36-28(26)32-25(33)16-35-23-14-18(2)9-12-22(23)30/h6-9,12-14,19H,10-11,15-16H2,1-5H3,(H,31,34)(H,32,33)/t19-/m1/s1. The molecule has 0 spiro atoms. The molecule has 1 heterocycles. The molecular weight excluding hydrogens is 492 g/mol. The minimum Gasteiger partial charge on any atom is -0.482 e. The van der Waals surface area contributed by atoms with Crippen LogP contribution in [0.5, 0.6) is 5.75 Å². The van der Waals surface area contributed by atoms with Crippen molar-refractivity contribution < 1.29 is 14.3 Å². The third-order valence-electron chi connectivity index (χ3n) is 6.69. The lowest BCUT2D eigenvalue weighted by Gasteiger charge is -2.33. The number of rotatable bonds is 6. The molecule has 0 bridgehead atoms. The first-order valence-corrected chi connectivity index (χ1v) is 13.4. The number of carbonyl (C=O) groups is 2. The minimum absolute atomic E-state index is 0.177. The number of hydrogen-bond acceptors (Lipinski definition) is 4. The molecule has 1 aromatic heterocycles. The smallest absolute Gasteiger partial charge is 0.262 e. The number of anilines is 2. The number of thiophene rings is 1. The Morgan fingerprint density at radius 1 is 1.08 bits per heavy atom. The second kappa shape index (κ2) is 10.7. The van der Waals surface area contributed by atoms with Crippen LogP contribution in [-0.4, -0.2) is 18.4 Å². The molecule has 0 radical (unpaired) electrons. The van der Waals surface area contributed by atoms with E-state index in [9.17, 15) is 9.59 Å². The average Bonchev–Trinajstić information content (AvgIpc) is 3.16. The van der Waals surface area contributed by atoms with Crippen molar-refractivity contribution in [2.45, 2.75) is 53.9 Å². The number of aryl methyl sites for hydroxylation is 2. The Labute approximate surface area is 222 Å². The van der Waals surface area contributed by atoms with Crippen LogP contribution in [0.3, 0.4) is 0 Å². The first kappa shape index (κ1) is 26.2. The molecule has 36 heavy (non-hydrogen) atoms. The maximum atomic E-state index is 13.5. The second-order valence-corrected chi connectivity index (χ2v) is 12.1. The molecule has 2 N–H and O–H groups in total. The van der Waals surface area contributed by atoms with E-state index in [-0.39, 0.29) is 23.8 Å². The van der Waals surface area contributed by atoms with Crippen LogP contribution in [-0.2, 0) is 17.6 Å². The third-order valence-corrected chi connectivity index (χ3v) is 8.17. The number of halogens is 1. The molecule has 4 rings (SSSR count). The van der Waals surface area contributed by atoms with Crippen LogP contribution >= 0.6 is 22.9 Å². The summed E-state index contributed by atoms with van der Waals surface area (Å²) in [6.07, 6.45) is 2.73. The maximum absolute atomic E-state index is 13.5. The van der Waals surface area contributed by atoms with Gasteiger partial charge in [0.05, 0.1) is 10.6 Å².